The Labute approximate surface area is 162 Å². The molecule has 1 heterocycles. The van der Waals surface area contributed by atoms with Crippen LogP contribution >= 0.6 is 0 Å². The molecule has 1 aliphatic rings. The first-order valence-corrected chi connectivity index (χ1v) is 9.02. The van der Waals surface area contributed by atoms with E-state index >= 15 is 0 Å². The highest BCUT2D eigenvalue weighted by Crippen LogP contribution is 2.27. The van der Waals surface area contributed by atoms with Crippen molar-refractivity contribution in [2.24, 2.45) is 0 Å². The van der Waals surface area contributed by atoms with Crippen LogP contribution in [0.4, 0.5) is 11.4 Å². The first-order chi connectivity index (χ1) is 13.5. The largest absolute Gasteiger partial charge is 0.490 e. The van der Waals surface area contributed by atoms with Crippen LogP contribution in [0.5, 0.6) is 5.75 Å². The minimum absolute atomic E-state index is 0.0397. The van der Waals surface area contributed by atoms with Crippen LogP contribution in [0.2, 0.25) is 0 Å². The molecule has 3 rings (SSSR count). The summed E-state index contributed by atoms with van der Waals surface area (Å²) < 4.78 is 16.2. The van der Waals surface area contributed by atoms with Gasteiger partial charge < -0.3 is 19.1 Å². The smallest absolute Gasteiger partial charge is 0.340 e. The van der Waals surface area contributed by atoms with E-state index < -0.39 is 10.9 Å². The van der Waals surface area contributed by atoms with Crippen molar-refractivity contribution in [3.63, 3.8) is 0 Å². The lowest BCUT2D eigenvalue weighted by Crippen LogP contribution is -2.37. The van der Waals surface area contributed by atoms with Crippen molar-refractivity contribution in [3.05, 3.63) is 63.7 Å². The molecule has 0 atom stereocenters. The standard InChI is InChI=1S/C20H22N2O6/c1-15-3-2-4-17(13-15)27-11-12-28-20(23)18-14-16(22(24)25)5-6-19(18)21-7-9-26-10-8-21/h2-6,13-14H,7-12H2,1H3. The SMILES string of the molecule is Cc1cccc(OCCOC(=O)c2cc([N+](=O)[O-])ccc2N2CCOCC2)c1. The molecule has 0 bridgehead atoms. The number of carbonyl (C=O) groups is 1. The summed E-state index contributed by atoms with van der Waals surface area (Å²) in [5.41, 5.74) is 1.70. The molecule has 2 aromatic rings. The maximum absolute atomic E-state index is 12.6. The van der Waals surface area contributed by atoms with Gasteiger partial charge in [0.2, 0.25) is 0 Å². The van der Waals surface area contributed by atoms with Crippen LogP contribution in [0, 0.1) is 17.0 Å². The number of ether oxygens (including phenoxy) is 3. The monoisotopic (exact) mass is 386 g/mol. The third kappa shape index (κ3) is 4.98. The maximum Gasteiger partial charge on any atom is 0.340 e. The van der Waals surface area contributed by atoms with Gasteiger partial charge in [-0.05, 0) is 30.7 Å². The van der Waals surface area contributed by atoms with Crippen LogP contribution in [0.25, 0.3) is 0 Å². The van der Waals surface area contributed by atoms with Crippen molar-refractivity contribution in [1.29, 1.82) is 0 Å². The van der Waals surface area contributed by atoms with Crippen molar-refractivity contribution < 1.29 is 23.9 Å². The molecular formula is C20H22N2O6. The lowest BCUT2D eigenvalue weighted by Gasteiger charge is -2.30. The van der Waals surface area contributed by atoms with Crippen molar-refractivity contribution in [3.8, 4) is 5.75 Å². The van der Waals surface area contributed by atoms with Crippen LogP contribution in [-0.2, 0) is 9.47 Å². The first kappa shape index (κ1) is 19.6. The molecule has 1 fully saturated rings. The van der Waals surface area contributed by atoms with Gasteiger partial charge in [0.05, 0.1) is 29.4 Å². The van der Waals surface area contributed by atoms with Crippen LogP contribution in [0.15, 0.2) is 42.5 Å². The number of carbonyl (C=O) groups excluding carboxylic acids is 1. The summed E-state index contributed by atoms with van der Waals surface area (Å²) in [5, 5.41) is 11.1. The fourth-order valence-electron chi connectivity index (χ4n) is 2.96. The summed E-state index contributed by atoms with van der Waals surface area (Å²) in [4.78, 5) is 25.1. The summed E-state index contributed by atoms with van der Waals surface area (Å²) in [6, 6.07) is 11.8. The Morgan fingerprint density at radius 1 is 1.18 bits per heavy atom. The van der Waals surface area contributed by atoms with Gasteiger partial charge in [0.25, 0.3) is 5.69 Å². The second kappa shape index (κ2) is 9.18. The minimum atomic E-state index is -0.613. The number of anilines is 1. The van der Waals surface area contributed by atoms with Gasteiger partial charge in [0.15, 0.2) is 0 Å². The normalized spacial score (nSPS) is 13.8. The average molecular weight is 386 g/mol. The van der Waals surface area contributed by atoms with Gasteiger partial charge in [-0.1, -0.05) is 12.1 Å². The Bertz CT molecular complexity index is 848. The quantitative estimate of drug-likeness (QED) is 0.313. The lowest BCUT2D eigenvalue weighted by atomic mass is 10.1. The molecule has 0 amide bonds. The second-order valence-electron chi connectivity index (χ2n) is 6.36. The van der Waals surface area contributed by atoms with E-state index in [-0.39, 0.29) is 24.5 Å². The molecule has 148 valence electrons. The number of aryl methyl sites for hydroxylation is 1. The van der Waals surface area contributed by atoms with Gasteiger partial charge in [-0.15, -0.1) is 0 Å². The van der Waals surface area contributed by atoms with Crippen molar-refractivity contribution >= 4 is 17.3 Å². The zero-order valence-electron chi connectivity index (χ0n) is 15.6. The Hall–Kier alpha value is -3.13. The maximum atomic E-state index is 12.6. The van der Waals surface area contributed by atoms with Gasteiger partial charge in [0.1, 0.15) is 19.0 Å². The zero-order valence-corrected chi connectivity index (χ0v) is 15.6. The molecule has 8 nitrogen and oxygen atoms in total. The zero-order chi connectivity index (χ0) is 19.9. The predicted octanol–water partition coefficient (Wildman–Crippen LogP) is 2.98. The van der Waals surface area contributed by atoms with Crippen molar-refractivity contribution in [2.75, 3.05) is 44.4 Å². The molecule has 0 N–H and O–H groups in total. The van der Waals surface area contributed by atoms with E-state index in [1.54, 1.807) is 6.07 Å². The fourth-order valence-corrected chi connectivity index (χ4v) is 2.96. The van der Waals surface area contributed by atoms with Crippen molar-refractivity contribution in [2.45, 2.75) is 6.92 Å². The summed E-state index contributed by atoms with van der Waals surface area (Å²) in [5.74, 6) is 0.0819. The average Bonchev–Trinajstić information content (AvgIpc) is 2.71. The number of nitrogens with zero attached hydrogens (tertiary/aromatic N) is 2. The Morgan fingerprint density at radius 3 is 2.68 bits per heavy atom. The summed E-state index contributed by atoms with van der Waals surface area (Å²) in [6.07, 6.45) is 0. The summed E-state index contributed by atoms with van der Waals surface area (Å²) in [6.45, 7) is 4.48. The number of non-ortho nitro benzene ring substituents is 1. The van der Waals surface area contributed by atoms with Crippen molar-refractivity contribution in [1.82, 2.24) is 0 Å². The minimum Gasteiger partial charge on any atom is -0.490 e. The number of nitro benzene ring substituents is 1. The lowest BCUT2D eigenvalue weighted by molar-refractivity contribution is -0.384. The highest BCUT2D eigenvalue weighted by molar-refractivity contribution is 5.96. The molecule has 2 aromatic carbocycles. The molecule has 1 aliphatic heterocycles. The summed E-state index contributed by atoms with van der Waals surface area (Å²) in [7, 11) is 0. The first-order valence-electron chi connectivity index (χ1n) is 9.02. The highest BCUT2D eigenvalue weighted by Gasteiger charge is 2.23. The van der Waals surface area contributed by atoms with Gasteiger partial charge >= 0.3 is 5.97 Å². The van der Waals surface area contributed by atoms with Gasteiger partial charge in [-0.2, -0.15) is 0 Å². The Kier molecular flexibility index (Phi) is 6.44. The van der Waals surface area contributed by atoms with E-state index in [2.05, 4.69) is 0 Å². The summed E-state index contributed by atoms with van der Waals surface area (Å²) >= 11 is 0. The number of rotatable bonds is 7. The van der Waals surface area contributed by atoms with E-state index in [9.17, 15) is 14.9 Å². The van der Waals surface area contributed by atoms with E-state index in [0.29, 0.717) is 37.7 Å². The molecule has 0 aromatic heterocycles. The molecular weight excluding hydrogens is 364 g/mol. The molecule has 1 saturated heterocycles. The number of nitro groups is 1. The molecule has 0 spiro atoms. The Balaban J connectivity index is 1.66. The molecule has 0 aliphatic carbocycles. The predicted molar refractivity (Wildman–Crippen MR) is 103 cm³/mol. The fraction of sp³-hybridized carbons (Fsp3) is 0.350. The van der Waals surface area contributed by atoms with Gasteiger partial charge in [-0.3, -0.25) is 10.1 Å². The van der Waals surface area contributed by atoms with Crippen LogP contribution < -0.4 is 9.64 Å². The second-order valence-corrected chi connectivity index (χ2v) is 6.36. The number of esters is 1. The van der Waals surface area contributed by atoms with E-state index in [4.69, 9.17) is 14.2 Å². The topological polar surface area (TPSA) is 91.1 Å². The number of hydrogen-bond acceptors (Lipinski definition) is 7. The molecule has 0 saturated carbocycles. The third-order valence-electron chi connectivity index (χ3n) is 4.34. The third-order valence-corrected chi connectivity index (χ3v) is 4.34. The van der Waals surface area contributed by atoms with Gasteiger partial charge in [0, 0.05) is 25.2 Å². The van der Waals surface area contributed by atoms with Crippen LogP contribution in [0.1, 0.15) is 15.9 Å². The Morgan fingerprint density at radius 2 is 1.96 bits per heavy atom. The molecule has 8 heteroatoms. The molecule has 28 heavy (non-hydrogen) atoms. The highest BCUT2D eigenvalue weighted by atomic mass is 16.6. The van der Waals surface area contributed by atoms with E-state index in [1.165, 1.54) is 12.1 Å². The number of hydrogen-bond donors (Lipinski definition) is 0. The van der Waals surface area contributed by atoms with Crippen LogP contribution in [-0.4, -0.2) is 50.4 Å². The molecule has 0 radical (unpaired) electrons. The molecule has 0 unspecified atom stereocenters. The van der Waals surface area contributed by atoms with Gasteiger partial charge in [-0.25, -0.2) is 4.79 Å². The number of benzene rings is 2. The van der Waals surface area contributed by atoms with Crippen LogP contribution in [0.3, 0.4) is 0 Å². The van der Waals surface area contributed by atoms with E-state index in [0.717, 1.165) is 5.56 Å². The number of morpholine rings is 1. The van der Waals surface area contributed by atoms with E-state index in [1.807, 2.05) is 36.1 Å².